The predicted octanol–water partition coefficient (Wildman–Crippen LogP) is 1.63. The maximum Gasteiger partial charge on any atom is 0.247 e. The number of hydrogen-bond acceptors (Lipinski definition) is 4. The number of sulfonamides is 1. The fourth-order valence-electron chi connectivity index (χ4n) is 2.38. The summed E-state index contributed by atoms with van der Waals surface area (Å²) in [7, 11) is -3.56. The molecule has 0 aromatic carbocycles. The van der Waals surface area contributed by atoms with Gasteiger partial charge in [0.05, 0.1) is 0 Å². The van der Waals surface area contributed by atoms with E-state index in [0.717, 1.165) is 24.9 Å². The molecule has 0 bridgehead atoms. The first-order valence-electron chi connectivity index (χ1n) is 5.80. The highest BCUT2D eigenvalue weighted by Crippen LogP contribution is 2.39. The van der Waals surface area contributed by atoms with Gasteiger partial charge in [0.1, 0.15) is 4.21 Å². The van der Waals surface area contributed by atoms with Gasteiger partial charge in [-0.15, -0.1) is 11.3 Å². The van der Waals surface area contributed by atoms with Crippen LogP contribution in [0.4, 0.5) is 0 Å². The maximum absolute atomic E-state index is 11.4. The number of fused-ring (bicyclic) bond motifs is 1. The van der Waals surface area contributed by atoms with Gasteiger partial charge in [0.15, 0.2) is 0 Å². The molecule has 0 radical (unpaired) electrons. The molecule has 0 spiro atoms. The van der Waals surface area contributed by atoms with Crippen LogP contribution in [0.2, 0.25) is 0 Å². The summed E-state index contributed by atoms with van der Waals surface area (Å²) in [6, 6.07) is 2.01. The van der Waals surface area contributed by atoms with Crippen LogP contribution >= 0.6 is 11.3 Å². The topological polar surface area (TPSA) is 72.2 Å². The Kier molecular flexibility index (Phi) is 3.58. The molecule has 6 heteroatoms. The maximum atomic E-state index is 11.4. The van der Waals surface area contributed by atoms with Crippen molar-refractivity contribution in [3.8, 4) is 0 Å². The zero-order valence-electron chi connectivity index (χ0n) is 10.1. The lowest BCUT2D eigenvalue weighted by Gasteiger charge is -2.27. The molecule has 17 heavy (non-hydrogen) atoms. The van der Waals surface area contributed by atoms with Crippen LogP contribution in [-0.4, -0.2) is 15.0 Å². The van der Waals surface area contributed by atoms with Crippen LogP contribution in [0.15, 0.2) is 10.3 Å². The second-order valence-corrected chi connectivity index (χ2v) is 7.57. The normalized spacial score (nSPS) is 24.6. The summed E-state index contributed by atoms with van der Waals surface area (Å²) in [5.41, 5.74) is 1.12. The first-order valence-corrected chi connectivity index (χ1v) is 8.17. The Labute approximate surface area is 106 Å². The third kappa shape index (κ3) is 2.70. The average Bonchev–Trinajstić information content (AvgIpc) is 2.61. The number of nitrogens with one attached hydrogen (secondary N) is 1. The van der Waals surface area contributed by atoms with Crippen molar-refractivity contribution >= 4 is 21.4 Å². The van der Waals surface area contributed by atoms with Crippen LogP contribution in [0, 0.1) is 5.92 Å². The smallest absolute Gasteiger partial charge is 0.247 e. The molecule has 3 N–H and O–H groups in total. The SMILES string of the molecule is CCN[C@H]1C[C@H](C)Cc2sc(S(N)(=O)=O)cc21. The molecule has 1 aromatic heterocycles. The first-order chi connectivity index (χ1) is 7.91. The molecule has 96 valence electrons. The average molecular weight is 274 g/mol. The van der Waals surface area contributed by atoms with Crippen LogP contribution < -0.4 is 10.5 Å². The third-order valence-electron chi connectivity index (χ3n) is 3.10. The van der Waals surface area contributed by atoms with Gasteiger partial charge in [-0.05, 0) is 36.9 Å². The number of hydrogen-bond donors (Lipinski definition) is 2. The van der Waals surface area contributed by atoms with Crippen LogP contribution in [-0.2, 0) is 16.4 Å². The molecule has 0 saturated carbocycles. The van der Waals surface area contributed by atoms with E-state index >= 15 is 0 Å². The van der Waals surface area contributed by atoms with E-state index in [-0.39, 0.29) is 6.04 Å². The van der Waals surface area contributed by atoms with Gasteiger partial charge in [-0.3, -0.25) is 0 Å². The lowest BCUT2D eigenvalue weighted by atomic mass is 9.86. The van der Waals surface area contributed by atoms with Crippen LogP contribution in [0.5, 0.6) is 0 Å². The van der Waals surface area contributed by atoms with E-state index in [4.69, 9.17) is 5.14 Å². The second kappa shape index (κ2) is 4.68. The molecule has 1 heterocycles. The highest BCUT2D eigenvalue weighted by molar-refractivity contribution is 7.91. The quantitative estimate of drug-likeness (QED) is 0.880. The third-order valence-corrected chi connectivity index (χ3v) is 5.69. The fourth-order valence-corrected chi connectivity index (χ4v) is 4.55. The summed E-state index contributed by atoms with van der Waals surface area (Å²) in [4.78, 5) is 1.17. The molecular weight excluding hydrogens is 256 g/mol. The van der Waals surface area contributed by atoms with E-state index in [2.05, 4.69) is 19.2 Å². The Bertz CT molecular complexity index is 508. The van der Waals surface area contributed by atoms with Gasteiger partial charge in [0.25, 0.3) is 0 Å². The molecule has 0 amide bonds. The molecule has 1 aliphatic rings. The lowest BCUT2D eigenvalue weighted by Crippen LogP contribution is -2.27. The number of primary sulfonamides is 1. The molecule has 0 fully saturated rings. The number of rotatable bonds is 3. The Morgan fingerprint density at radius 2 is 2.29 bits per heavy atom. The Hall–Kier alpha value is -0.430. The second-order valence-electron chi connectivity index (χ2n) is 4.64. The van der Waals surface area contributed by atoms with E-state index in [0.29, 0.717) is 10.1 Å². The van der Waals surface area contributed by atoms with Crippen molar-refractivity contribution in [2.45, 2.75) is 36.9 Å². The van der Waals surface area contributed by atoms with Crippen LogP contribution in [0.3, 0.4) is 0 Å². The van der Waals surface area contributed by atoms with Crippen molar-refractivity contribution in [1.82, 2.24) is 5.32 Å². The summed E-state index contributed by atoms with van der Waals surface area (Å²) in [6.45, 7) is 5.15. The molecule has 1 aliphatic carbocycles. The van der Waals surface area contributed by atoms with Gasteiger partial charge in [-0.1, -0.05) is 13.8 Å². The van der Waals surface area contributed by atoms with Crippen molar-refractivity contribution in [1.29, 1.82) is 0 Å². The molecular formula is C11H18N2O2S2. The fraction of sp³-hybridized carbons (Fsp3) is 0.636. The van der Waals surface area contributed by atoms with Crippen LogP contribution in [0.1, 0.15) is 36.8 Å². The summed E-state index contributed by atoms with van der Waals surface area (Å²) in [5, 5.41) is 8.59. The highest BCUT2D eigenvalue weighted by atomic mass is 32.2. The summed E-state index contributed by atoms with van der Waals surface area (Å²) in [5.74, 6) is 0.582. The van der Waals surface area contributed by atoms with E-state index in [1.54, 1.807) is 6.07 Å². The Balaban J connectivity index is 2.41. The van der Waals surface area contributed by atoms with E-state index in [1.165, 1.54) is 16.2 Å². The summed E-state index contributed by atoms with van der Waals surface area (Å²) >= 11 is 1.32. The largest absolute Gasteiger partial charge is 0.310 e. The van der Waals surface area contributed by atoms with Gasteiger partial charge in [-0.2, -0.15) is 0 Å². The van der Waals surface area contributed by atoms with Gasteiger partial charge >= 0.3 is 0 Å². The van der Waals surface area contributed by atoms with Gasteiger partial charge in [0, 0.05) is 10.9 Å². The molecule has 2 rings (SSSR count). The van der Waals surface area contributed by atoms with Crippen molar-refractivity contribution in [3.63, 3.8) is 0 Å². The van der Waals surface area contributed by atoms with Gasteiger partial charge in [0.2, 0.25) is 10.0 Å². The van der Waals surface area contributed by atoms with Crippen molar-refractivity contribution < 1.29 is 8.42 Å². The minimum atomic E-state index is -3.56. The molecule has 4 nitrogen and oxygen atoms in total. The monoisotopic (exact) mass is 274 g/mol. The first kappa shape index (κ1) is 13.0. The minimum Gasteiger partial charge on any atom is -0.310 e. The van der Waals surface area contributed by atoms with E-state index < -0.39 is 10.0 Å². The highest BCUT2D eigenvalue weighted by Gasteiger charge is 2.28. The summed E-state index contributed by atoms with van der Waals surface area (Å²) in [6.07, 6.45) is 2.01. The van der Waals surface area contributed by atoms with E-state index in [1.807, 2.05) is 0 Å². The zero-order valence-corrected chi connectivity index (χ0v) is 11.7. The molecule has 2 atom stereocenters. The number of thiophene rings is 1. The predicted molar refractivity (Wildman–Crippen MR) is 69.6 cm³/mol. The summed E-state index contributed by atoms with van der Waals surface area (Å²) < 4.78 is 23.0. The molecule has 0 unspecified atom stereocenters. The van der Waals surface area contributed by atoms with Crippen molar-refractivity contribution in [2.24, 2.45) is 11.1 Å². The Morgan fingerprint density at radius 3 is 2.88 bits per heavy atom. The minimum absolute atomic E-state index is 0.269. The van der Waals surface area contributed by atoms with Crippen molar-refractivity contribution in [3.05, 3.63) is 16.5 Å². The lowest BCUT2D eigenvalue weighted by molar-refractivity contribution is 0.391. The van der Waals surface area contributed by atoms with Crippen LogP contribution in [0.25, 0.3) is 0 Å². The Morgan fingerprint density at radius 1 is 1.59 bits per heavy atom. The zero-order chi connectivity index (χ0) is 12.6. The molecule has 0 saturated heterocycles. The molecule has 1 aromatic rings. The van der Waals surface area contributed by atoms with Gasteiger partial charge < -0.3 is 5.32 Å². The number of nitrogens with two attached hydrogens (primary N) is 1. The standard InChI is InChI=1S/C11H18N2O2S2/c1-3-13-9-4-7(2)5-10-8(9)6-11(16-10)17(12,14)15/h6-7,9,13H,3-5H2,1-2H3,(H2,12,14,15)/t7-,9-/m0/s1. The molecule has 0 aliphatic heterocycles. The van der Waals surface area contributed by atoms with Gasteiger partial charge in [-0.25, -0.2) is 13.6 Å². The van der Waals surface area contributed by atoms with Crippen molar-refractivity contribution in [2.75, 3.05) is 6.54 Å². The van der Waals surface area contributed by atoms with E-state index in [9.17, 15) is 8.42 Å².